The first-order valence-electron chi connectivity index (χ1n) is 12.9. The number of halogens is 3. The molecule has 0 saturated heterocycles. The first kappa shape index (κ1) is 28.1. The number of hydrogen-bond donors (Lipinski definition) is 2. The van der Waals surface area contributed by atoms with E-state index in [-0.39, 0.29) is 17.0 Å². The summed E-state index contributed by atoms with van der Waals surface area (Å²) in [6.07, 6.45) is 5.37. The van der Waals surface area contributed by atoms with E-state index < -0.39 is 22.1 Å². The Morgan fingerprint density at radius 1 is 0.973 bits per heavy atom. The fourth-order valence-corrected chi connectivity index (χ4v) is 6.92. The van der Waals surface area contributed by atoms with Crippen LogP contribution in [0.25, 0.3) is 0 Å². The maximum Gasteiger partial charge on any atom is 0.344 e. The van der Waals surface area contributed by atoms with E-state index in [1.807, 2.05) is 60.7 Å². The normalized spacial score (nSPS) is 26.8. The molecule has 0 aromatic heterocycles. The van der Waals surface area contributed by atoms with E-state index in [1.54, 1.807) is 0 Å². The molecule has 1 amide bonds. The summed E-state index contributed by atoms with van der Waals surface area (Å²) in [5.41, 5.74) is 1.17. The minimum Gasteiger partial charge on any atom is -0.512 e. The molecule has 2 bridgehead atoms. The number of fused-ring (bicyclic) bond motifs is 2. The average molecular weight is 560 g/mol. The molecule has 2 atom stereocenters. The van der Waals surface area contributed by atoms with Crippen molar-refractivity contribution < 1.29 is 9.90 Å². The number of nitrogens with zero attached hydrogens (tertiary/aromatic N) is 1. The van der Waals surface area contributed by atoms with Crippen molar-refractivity contribution >= 4 is 64.2 Å². The molecule has 4 rings (SSSR count). The maximum atomic E-state index is 13.8. The highest BCUT2D eigenvalue weighted by atomic mass is 35.6. The van der Waals surface area contributed by atoms with Gasteiger partial charge in [-0.2, -0.15) is 0 Å². The molecule has 2 aliphatic rings. The number of rotatable bonds is 6. The molecule has 2 aliphatic carbocycles. The molecule has 37 heavy (non-hydrogen) atoms. The predicted octanol–water partition coefficient (Wildman–Crippen LogP) is 6.16. The Hall–Kier alpha value is -1.95. The number of aliphatic hydroxyl groups is 1. The molecule has 0 spiro atoms. The molecule has 2 aromatic rings. The van der Waals surface area contributed by atoms with E-state index in [1.165, 1.54) is 26.2 Å². The van der Waals surface area contributed by atoms with Gasteiger partial charge in [0.25, 0.3) is 5.91 Å². The van der Waals surface area contributed by atoms with Crippen LogP contribution in [0.1, 0.15) is 52.9 Å². The van der Waals surface area contributed by atoms with Crippen LogP contribution in [0.3, 0.4) is 0 Å². The highest BCUT2D eigenvalue weighted by molar-refractivity contribution is 6.87. The van der Waals surface area contributed by atoms with Gasteiger partial charge in [0.2, 0.25) is 3.79 Å². The summed E-state index contributed by atoms with van der Waals surface area (Å²) in [6.45, 7) is 5.30. The van der Waals surface area contributed by atoms with E-state index in [2.05, 4.69) is 19.2 Å². The molecule has 0 heterocycles. The van der Waals surface area contributed by atoms with Gasteiger partial charge in [0.1, 0.15) is 11.3 Å². The highest BCUT2D eigenvalue weighted by Gasteiger charge is 2.44. The first-order chi connectivity index (χ1) is 17.4. The van der Waals surface area contributed by atoms with Crippen molar-refractivity contribution in [2.75, 3.05) is 0 Å². The van der Waals surface area contributed by atoms with E-state index in [4.69, 9.17) is 39.7 Å². The van der Waals surface area contributed by atoms with Gasteiger partial charge in [0.05, 0.1) is 5.71 Å². The zero-order chi connectivity index (χ0) is 26.8. The lowest BCUT2D eigenvalue weighted by molar-refractivity contribution is -0.120. The Morgan fingerprint density at radius 3 is 1.89 bits per heavy atom. The number of amides is 1. The molecule has 8 heteroatoms. The standard InChI is InChI=1S/C29H34BCl3N2O2/c1-19-14-21-16-22(15-19)18-28(3,17-21)34-27(37)25(20(2)36)26(29(31,32)33)35-30(23-10-6-4-7-11-23)24-12-8-5-9-13-24/h4-13,19,21-22,36H,14-18H2,1-3H3,(H,34,37). The summed E-state index contributed by atoms with van der Waals surface area (Å²) in [4.78, 5) is 18.7. The second kappa shape index (κ2) is 11.4. The van der Waals surface area contributed by atoms with Gasteiger partial charge >= 0.3 is 6.85 Å². The third-order valence-corrected chi connectivity index (χ3v) is 8.15. The molecule has 0 radical (unpaired) electrons. The van der Waals surface area contributed by atoms with Crippen LogP contribution in [0.5, 0.6) is 0 Å². The van der Waals surface area contributed by atoms with E-state index in [9.17, 15) is 9.90 Å². The van der Waals surface area contributed by atoms with Gasteiger partial charge in [-0.1, -0.05) is 102 Å². The number of hydrogen-bond acceptors (Lipinski definition) is 3. The monoisotopic (exact) mass is 558 g/mol. The lowest BCUT2D eigenvalue weighted by Crippen LogP contribution is -2.54. The quantitative estimate of drug-likeness (QED) is 0.147. The predicted molar refractivity (Wildman–Crippen MR) is 157 cm³/mol. The van der Waals surface area contributed by atoms with E-state index in [0.717, 1.165) is 29.7 Å². The number of aliphatic hydroxyl groups excluding tert-OH is 1. The first-order valence-corrected chi connectivity index (χ1v) is 14.1. The van der Waals surface area contributed by atoms with Gasteiger partial charge in [-0.15, -0.1) is 0 Å². The van der Waals surface area contributed by atoms with Gasteiger partial charge < -0.3 is 15.3 Å². The fourth-order valence-electron chi connectivity index (χ4n) is 6.49. The van der Waals surface area contributed by atoms with Gasteiger partial charge in [-0.3, -0.25) is 4.79 Å². The molecule has 4 nitrogen and oxygen atoms in total. The minimum atomic E-state index is -2.04. The summed E-state index contributed by atoms with van der Waals surface area (Å²) in [6, 6.07) is 19.3. The highest BCUT2D eigenvalue weighted by Crippen LogP contribution is 2.46. The molecule has 2 aromatic carbocycles. The Kier molecular flexibility index (Phi) is 8.67. The smallest absolute Gasteiger partial charge is 0.344 e. The van der Waals surface area contributed by atoms with Crippen molar-refractivity contribution in [2.24, 2.45) is 22.7 Å². The van der Waals surface area contributed by atoms with Gasteiger partial charge in [0.15, 0.2) is 0 Å². The zero-order valence-electron chi connectivity index (χ0n) is 21.6. The van der Waals surface area contributed by atoms with Crippen LogP contribution >= 0.6 is 34.8 Å². The molecular formula is C29H34BCl3N2O2. The second-order valence-corrected chi connectivity index (χ2v) is 13.4. The van der Waals surface area contributed by atoms with Gasteiger partial charge in [-0.25, -0.2) is 0 Å². The number of carbonyl (C=O) groups is 1. The third-order valence-electron chi connectivity index (χ3n) is 7.61. The van der Waals surface area contributed by atoms with Crippen molar-refractivity contribution in [3.63, 3.8) is 0 Å². The number of carbonyl (C=O) groups excluding carboxylic acids is 1. The largest absolute Gasteiger partial charge is 0.512 e. The van der Waals surface area contributed by atoms with Crippen LogP contribution in [-0.4, -0.2) is 32.9 Å². The van der Waals surface area contributed by atoms with Gasteiger partial charge in [0, 0.05) is 5.54 Å². The van der Waals surface area contributed by atoms with Crippen LogP contribution in [0.4, 0.5) is 0 Å². The summed E-state index contributed by atoms with van der Waals surface area (Å²) in [7, 11) is 0. The topological polar surface area (TPSA) is 61.7 Å². The van der Waals surface area contributed by atoms with Crippen LogP contribution in [0.15, 0.2) is 76.9 Å². The maximum absolute atomic E-state index is 13.8. The van der Waals surface area contributed by atoms with Crippen LogP contribution in [-0.2, 0) is 4.79 Å². The van der Waals surface area contributed by atoms with Crippen molar-refractivity contribution in [1.29, 1.82) is 0 Å². The number of benzene rings is 2. The number of alkyl halides is 3. The SMILES string of the molecule is CC(O)=C(C(=O)NC1(C)CC2CC(C)CC(C2)C1)C(=NB(c1ccccc1)c1ccccc1)C(Cl)(Cl)Cl. The Labute approximate surface area is 235 Å². The summed E-state index contributed by atoms with van der Waals surface area (Å²) < 4.78 is -2.04. The number of nitrogens with one attached hydrogen (secondary N) is 1. The lowest BCUT2D eigenvalue weighted by atomic mass is 9.51. The fraction of sp³-hybridized carbons (Fsp3) is 0.448. The molecule has 2 fully saturated rings. The Morgan fingerprint density at radius 2 is 1.46 bits per heavy atom. The molecule has 196 valence electrons. The van der Waals surface area contributed by atoms with Gasteiger partial charge in [-0.05, 0) is 74.6 Å². The zero-order valence-corrected chi connectivity index (χ0v) is 23.8. The minimum absolute atomic E-state index is 0.0825. The molecule has 2 unspecified atom stereocenters. The third kappa shape index (κ3) is 6.93. The van der Waals surface area contributed by atoms with Crippen molar-refractivity contribution in [2.45, 2.75) is 62.2 Å². The molecule has 2 saturated carbocycles. The van der Waals surface area contributed by atoms with E-state index >= 15 is 0 Å². The summed E-state index contributed by atoms with van der Waals surface area (Å²) in [5, 5.41) is 14.0. The van der Waals surface area contributed by atoms with Crippen molar-refractivity contribution in [3.8, 4) is 0 Å². The molecular weight excluding hydrogens is 526 g/mol. The average Bonchev–Trinajstić information content (AvgIpc) is 2.80. The van der Waals surface area contributed by atoms with E-state index in [0.29, 0.717) is 11.8 Å². The van der Waals surface area contributed by atoms with Crippen molar-refractivity contribution in [1.82, 2.24) is 5.32 Å². The Balaban J connectivity index is 1.72. The second-order valence-electron chi connectivity index (χ2n) is 11.1. The van der Waals surface area contributed by atoms with Crippen LogP contribution < -0.4 is 16.2 Å². The lowest BCUT2D eigenvalue weighted by Gasteiger charge is -2.47. The Bertz CT molecular complexity index is 1100. The molecule has 2 N–H and O–H groups in total. The number of allylic oxidation sites excluding steroid dienone is 1. The van der Waals surface area contributed by atoms with Crippen LogP contribution in [0.2, 0.25) is 0 Å². The summed E-state index contributed by atoms with van der Waals surface area (Å²) in [5.74, 6) is 1.17. The van der Waals surface area contributed by atoms with Crippen molar-refractivity contribution in [3.05, 3.63) is 72.0 Å². The molecule has 0 aliphatic heterocycles. The summed E-state index contributed by atoms with van der Waals surface area (Å²) >= 11 is 19.3. The van der Waals surface area contributed by atoms with Crippen LogP contribution in [0, 0.1) is 17.8 Å².